The Hall–Kier alpha value is -1.84. The maximum atomic E-state index is 5.80. The lowest BCUT2D eigenvalue weighted by molar-refractivity contribution is 0.317. The third kappa shape index (κ3) is 4.34. The Balaban J connectivity index is 2.22. The van der Waals surface area contributed by atoms with Crippen molar-refractivity contribution in [1.82, 2.24) is 15.0 Å². The summed E-state index contributed by atoms with van der Waals surface area (Å²) in [6, 6.07) is 4.34. The molecular formula is C19H29N3O. The molecule has 0 spiro atoms. The quantitative estimate of drug-likeness (QED) is 0.723. The summed E-state index contributed by atoms with van der Waals surface area (Å²) in [7, 11) is 0. The lowest BCUT2D eigenvalue weighted by atomic mass is 9.86. The number of ether oxygens (including phenoxy) is 1. The van der Waals surface area contributed by atoms with E-state index >= 15 is 0 Å². The second-order valence-corrected chi connectivity index (χ2v) is 6.19. The maximum absolute atomic E-state index is 5.80. The third-order valence-electron chi connectivity index (χ3n) is 4.31. The fourth-order valence-corrected chi connectivity index (χ4v) is 3.17. The van der Waals surface area contributed by atoms with E-state index in [1.165, 1.54) is 16.7 Å². The van der Waals surface area contributed by atoms with Gasteiger partial charge in [-0.25, -0.2) is 0 Å². The smallest absolute Gasteiger partial charge is 0.119 e. The fourth-order valence-electron chi connectivity index (χ4n) is 3.17. The minimum Gasteiger partial charge on any atom is -0.494 e. The summed E-state index contributed by atoms with van der Waals surface area (Å²) >= 11 is 0. The molecule has 4 heteroatoms. The van der Waals surface area contributed by atoms with Crippen LogP contribution in [0.15, 0.2) is 18.3 Å². The molecule has 2 rings (SSSR count). The van der Waals surface area contributed by atoms with Gasteiger partial charge in [0.1, 0.15) is 5.75 Å². The van der Waals surface area contributed by atoms with Crippen LogP contribution in [0.3, 0.4) is 0 Å². The second kappa shape index (κ2) is 8.14. The van der Waals surface area contributed by atoms with Gasteiger partial charge in [0.15, 0.2) is 0 Å². The average molecular weight is 315 g/mol. The molecule has 23 heavy (non-hydrogen) atoms. The van der Waals surface area contributed by atoms with Crippen molar-refractivity contribution in [1.29, 1.82) is 0 Å². The molecule has 0 aliphatic heterocycles. The summed E-state index contributed by atoms with van der Waals surface area (Å²) in [4.78, 5) is 0. The summed E-state index contributed by atoms with van der Waals surface area (Å²) in [5, 5.41) is 8.46. The van der Waals surface area contributed by atoms with Crippen molar-refractivity contribution in [2.45, 2.75) is 66.3 Å². The van der Waals surface area contributed by atoms with Crippen LogP contribution < -0.4 is 4.74 Å². The molecule has 0 bridgehead atoms. The van der Waals surface area contributed by atoms with E-state index in [9.17, 15) is 0 Å². The zero-order valence-electron chi connectivity index (χ0n) is 15.1. The molecule has 0 saturated carbocycles. The van der Waals surface area contributed by atoms with Crippen LogP contribution in [0.1, 0.15) is 61.9 Å². The fraction of sp³-hybridized carbons (Fsp3) is 0.579. The highest BCUT2D eigenvalue weighted by atomic mass is 16.5. The molecule has 1 aromatic heterocycles. The molecule has 1 aromatic carbocycles. The van der Waals surface area contributed by atoms with Crippen molar-refractivity contribution in [3.05, 3.63) is 40.7 Å². The minimum absolute atomic E-state index is 0.470. The molecule has 0 N–H and O–H groups in total. The number of aryl methyl sites for hydroxylation is 3. The van der Waals surface area contributed by atoms with E-state index in [0.29, 0.717) is 5.92 Å². The van der Waals surface area contributed by atoms with Crippen LogP contribution in [-0.2, 0) is 13.0 Å². The average Bonchev–Trinajstić information content (AvgIpc) is 2.99. The largest absolute Gasteiger partial charge is 0.494 e. The van der Waals surface area contributed by atoms with Crippen LogP contribution in [0.4, 0.5) is 0 Å². The summed E-state index contributed by atoms with van der Waals surface area (Å²) < 4.78 is 7.69. The molecule has 1 atom stereocenters. The van der Waals surface area contributed by atoms with Crippen molar-refractivity contribution in [2.24, 2.45) is 0 Å². The van der Waals surface area contributed by atoms with Gasteiger partial charge in [-0.2, -0.15) is 0 Å². The Morgan fingerprint density at radius 1 is 1.13 bits per heavy atom. The van der Waals surface area contributed by atoms with Gasteiger partial charge in [0, 0.05) is 12.7 Å². The highest BCUT2D eigenvalue weighted by Crippen LogP contribution is 2.32. The summed E-state index contributed by atoms with van der Waals surface area (Å²) in [5.74, 6) is 1.45. The van der Waals surface area contributed by atoms with Crippen LogP contribution in [0, 0.1) is 13.8 Å². The Labute approximate surface area is 139 Å². The molecule has 2 aromatic rings. The molecule has 0 aliphatic carbocycles. The van der Waals surface area contributed by atoms with Gasteiger partial charge in [0.05, 0.1) is 12.3 Å². The number of aromatic nitrogens is 3. The monoisotopic (exact) mass is 315 g/mol. The Morgan fingerprint density at radius 3 is 2.35 bits per heavy atom. The van der Waals surface area contributed by atoms with Gasteiger partial charge < -0.3 is 4.74 Å². The van der Waals surface area contributed by atoms with Gasteiger partial charge in [0.25, 0.3) is 0 Å². The first-order valence-electron chi connectivity index (χ1n) is 8.71. The van der Waals surface area contributed by atoms with E-state index in [2.05, 4.69) is 63.3 Å². The first kappa shape index (κ1) is 17.5. The summed E-state index contributed by atoms with van der Waals surface area (Å²) in [6.07, 6.45) is 5.12. The van der Waals surface area contributed by atoms with Crippen LogP contribution in [0.5, 0.6) is 5.75 Å². The first-order valence-corrected chi connectivity index (χ1v) is 8.71. The van der Waals surface area contributed by atoms with Crippen LogP contribution in [0.2, 0.25) is 0 Å². The van der Waals surface area contributed by atoms with E-state index < -0.39 is 0 Å². The van der Waals surface area contributed by atoms with Gasteiger partial charge in [-0.3, -0.25) is 4.68 Å². The number of nitrogens with zero attached hydrogens (tertiary/aromatic N) is 3. The number of hydrogen-bond donors (Lipinski definition) is 0. The number of benzene rings is 1. The first-order chi connectivity index (χ1) is 11.1. The molecule has 0 fully saturated rings. The van der Waals surface area contributed by atoms with E-state index in [4.69, 9.17) is 4.74 Å². The second-order valence-electron chi connectivity index (χ2n) is 6.19. The number of rotatable bonds is 8. The van der Waals surface area contributed by atoms with Crippen molar-refractivity contribution in [2.75, 3.05) is 6.61 Å². The number of hydrogen-bond acceptors (Lipinski definition) is 3. The molecule has 0 amide bonds. The molecule has 0 saturated heterocycles. The van der Waals surface area contributed by atoms with E-state index in [0.717, 1.165) is 43.9 Å². The van der Waals surface area contributed by atoms with Crippen LogP contribution in [-0.4, -0.2) is 21.6 Å². The topological polar surface area (TPSA) is 39.9 Å². The van der Waals surface area contributed by atoms with E-state index in [-0.39, 0.29) is 0 Å². The molecular weight excluding hydrogens is 286 g/mol. The molecule has 126 valence electrons. The zero-order valence-corrected chi connectivity index (χ0v) is 15.1. The normalized spacial score (nSPS) is 12.4. The van der Waals surface area contributed by atoms with Crippen LogP contribution >= 0.6 is 0 Å². The molecule has 0 radical (unpaired) electrons. The Kier molecular flexibility index (Phi) is 6.20. The third-order valence-corrected chi connectivity index (χ3v) is 4.31. The van der Waals surface area contributed by atoms with Gasteiger partial charge >= 0.3 is 0 Å². The zero-order chi connectivity index (χ0) is 16.8. The maximum Gasteiger partial charge on any atom is 0.119 e. The molecule has 1 unspecified atom stereocenters. The van der Waals surface area contributed by atoms with Crippen molar-refractivity contribution >= 4 is 0 Å². The highest BCUT2D eigenvalue weighted by molar-refractivity contribution is 5.43. The van der Waals surface area contributed by atoms with Gasteiger partial charge in [-0.1, -0.05) is 19.1 Å². The minimum atomic E-state index is 0.470. The predicted molar refractivity (Wildman–Crippen MR) is 94.1 cm³/mol. The van der Waals surface area contributed by atoms with Crippen molar-refractivity contribution in [3.8, 4) is 5.75 Å². The lowest BCUT2D eigenvalue weighted by Gasteiger charge is -2.20. The summed E-state index contributed by atoms with van der Waals surface area (Å²) in [6.45, 7) is 12.5. The predicted octanol–water partition coefficient (Wildman–Crippen LogP) is 4.44. The molecule has 4 nitrogen and oxygen atoms in total. The van der Waals surface area contributed by atoms with Gasteiger partial charge in [-0.15, -0.1) is 5.10 Å². The SMILES string of the molecule is CCCOc1cc(C)c(C(CC)Cc2cn(CC)nn2)c(C)c1. The van der Waals surface area contributed by atoms with E-state index in [1.807, 2.05) is 4.68 Å². The van der Waals surface area contributed by atoms with Crippen molar-refractivity contribution in [3.63, 3.8) is 0 Å². The molecule has 1 heterocycles. The summed E-state index contributed by atoms with van der Waals surface area (Å²) in [5.41, 5.74) is 5.13. The van der Waals surface area contributed by atoms with Crippen LogP contribution in [0.25, 0.3) is 0 Å². The van der Waals surface area contributed by atoms with Gasteiger partial charge in [0.2, 0.25) is 0 Å². The Bertz CT molecular complexity index is 610. The highest BCUT2D eigenvalue weighted by Gasteiger charge is 2.18. The Morgan fingerprint density at radius 2 is 1.83 bits per heavy atom. The molecule has 0 aliphatic rings. The van der Waals surface area contributed by atoms with E-state index in [1.54, 1.807) is 0 Å². The standard InChI is InChI=1S/C19H29N3O/c1-6-9-23-18-10-14(4)19(15(5)11-18)16(7-2)12-17-13-22(8-3)21-20-17/h10-11,13,16H,6-9,12H2,1-5H3. The van der Waals surface area contributed by atoms with Gasteiger partial charge in [-0.05, 0) is 74.8 Å². The van der Waals surface area contributed by atoms with Crippen molar-refractivity contribution < 1.29 is 4.74 Å². The lowest BCUT2D eigenvalue weighted by Crippen LogP contribution is -2.07.